The van der Waals surface area contributed by atoms with Crippen molar-refractivity contribution in [3.05, 3.63) is 83.0 Å². The van der Waals surface area contributed by atoms with Gasteiger partial charge in [0.15, 0.2) is 17.8 Å². The molecule has 0 aliphatic rings. The van der Waals surface area contributed by atoms with E-state index in [1.165, 1.54) is 12.1 Å². The van der Waals surface area contributed by atoms with Crippen molar-refractivity contribution in [2.45, 2.75) is 29.8 Å². The standard InChI is InChI=1S/C14H8F12O2.C8H4F4/c15-7-5(8(16)10(17)18)2-1-3-6(7)9(28)12(21,22)14(25,26)13(23,24)11(19,20)4-27;9-6-4-2-1-3-5(6)7(10)8(11)12/h1-3,9,27-28H,4H2;1-4H. The topological polar surface area (TPSA) is 40.5 Å². The summed E-state index contributed by atoms with van der Waals surface area (Å²) in [5, 5.41) is 17.3. The van der Waals surface area contributed by atoms with Gasteiger partial charge in [-0.25, -0.2) is 17.6 Å². The highest BCUT2D eigenvalue weighted by atomic mass is 19.4. The van der Waals surface area contributed by atoms with Crippen molar-refractivity contribution >= 4 is 11.7 Å². The molecule has 0 aliphatic heterocycles. The van der Waals surface area contributed by atoms with Crippen molar-refractivity contribution in [1.82, 2.24) is 0 Å². The average Bonchev–Trinajstić information content (AvgIpc) is 2.87. The van der Waals surface area contributed by atoms with Crippen LogP contribution in [0.15, 0.2) is 54.6 Å². The normalized spacial score (nSPS) is 13.2. The van der Waals surface area contributed by atoms with E-state index in [-0.39, 0.29) is 12.1 Å². The van der Waals surface area contributed by atoms with Crippen LogP contribution in [-0.2, 0) is 0 Å². The molecule has 2 aromatic rings. The van der Waals surface area contributed by atoms with Crippen LogP contribution in [0.2, 0.25) is 0 Å². The van der Waals surface area contributed by atoms with Gasteiger partial charge >= 0.3 is 35.9 Å². The van der Waals surface area contributed by atoms with Crippen LogP contribution in [0.1, 0.15) is 22.8 Å². The highest BCUT2D eigenvalue weighted by Gasteiger charge is 2.82. The third kappa shape index (κ3) is 6.54. The fourth-order valence-corrected chi connectivity index (χ4v) is 2.68. The molecule has 0 fully saturated rings. The number of aliphatic hydroxyl groups excluding tert-OH is 2. The van der Waals surface area contributed by atoms with Crippen molar-refractivity contribution in [2.24, 2.45) is 0 Å². The Kier molecular flexibility index (Phi) is 10.8. The van der Waals surface area contributed by atoms with E-state index >= 15 is 0 Å². The van der Waals surface area contributed by atoms with E-state index in [0.717, 1.165) is 12.1 Å². The van der Waals surface area contributed by atoms with Gasteiger partial charge in [0.05, 0.1) is 11.1 Å². The molecule has 224 valence electrons. The maximum absolute atomic E-state index is 13.9. The molecule has 2 N–H and O–H groups in total. The lowest BCUT2D eigenvalue weighted by molar-refractivity contribution is -0.384. The first kappa shape index (κ1) is 34.7. The van der Waals surface area contributed by atoms with E-state index in [9.17, 15) is 75.4 Å². The Labute approximate surface area is 212 Å². The van der Waals surface area contributed by atoms with Gasteiger partial charge in [0.25, 0.3) is 0 Å². The summed E-state index contributed by atoms with van der Waals surface area (Å²) in [4.78, 5) is 0. The SMILES string of the molecule is FC(F)=C(F)c1ccccc1F.OCC(F)(F)C(F)(F)C(F)(F)C(F)(F)C(O)c1cccc(C(F)=C(F)F)c1F. The maximum Gasteiger partial charge on any atom is 0.381 e. The van der Waals surface area contributed by atoms with Gasteiger partial charge in [-0.15, -0.1) is 0 Å². The molecule has 0 aromatic heterocycles. The molecule has 2 rings (SSSR count). The van der Waals surface area contributed by atoms with Crippen LogP contribution in [0.3, 0.4) is 0 Å². The molecule has 1 unspecified atom stereocenters. The minimum absolute atomic E-state index is 0.0270. The third-order valence-corrected chi connectivity index (χ3v) is 4.82. The second-order valence-corrected chi connectivity index (χ2v) is 7.37. The number of benzene rings is 2. The fraction of sp³-hybridized carbons (Fsp3) is 0.273. The summed E-state index contributed by atoms with van der Waals surface area (Å²) in [6, 6.07) is 5.00. The first-order chi connectivity index (χ1) is 18.1. The molecular formula is C22H12F16O2. The molecule has 0 heterocycles. The van der Waals surface area contributed by atoms with Gasteiger partial charge in [0.1, 0.15) is 18.2 Å². The van der Waals surface area contributed by atoms with Crippen LogP contribution in [-0.4, -0.2) is 40.5 Å². The van der Waals surface area contributed by atoms with Gasteiger partial charge in [-0.2, -0.15) is 52.7 Å². The fourth-order valence-electron chi connectivity index (χ4n) is 2.68. The number of rotatable bonds is 8. The monoisotopic (exact) mass is 612 g/mol. The molecule has 1 atom stereocenters. The summed E-state index contributed by atoms with van der Waals surface area (Å²) in [5.41, 5.74) is -4.55. The van der Waals surface area contributed by atoms with Gasteiger partial charge in [-0.1, -0.05) is 24.3 Å². The number of aliphatic hydroxyl groups is 2. The molecule has 18 heteroatoms. The summed E-state index contributed by atoms with van der Waals surface area (Å²) < 4.78 is 207. The van der Waals surface area contributed by atoms with Crippen molar-refractivity contribution in [2.75, 3.05) is 6.61 Å². The third-order valence-electron chi connectivity index (χ3n) is 4.82. The predicted octanol–water partition coefficient (Wildman–Crippen LogP) is 8.29. The second kappa shape index (κ2) is 12.5. The molecule has 0 radical (unpaired) electrons. The first-order valence-electron chi connectivity index (χ1n) is 9.85. The Morgan fingerprint density at radius 3 is 1.55 bits per heavy atom. The van der Waals surface area contributed by atoms with Crippen molar-refractivity contribution in [3.8, 4) is 0 Å². The minimum atomic E-state index is -7.08. The molecule has 0 aliphatic carbocycles. The van der Waals surface area contributed by atoms with Crippen molar-refractivity contribution in [1.29, 1.82) is 0 Å². The van der Waals surface area contributed by atoms with Crippen LogP contribution in [0.5, 0.6) is 0 Å². The number of hydrogen-bond acceptors (Lipinski definition) is 2. The molecule has 0 bridgehead atoms. The van der Waals surface area contributed by atoms with Gasteiger partial charge in [-0.3, -0.25) is 0 Å². The van der Waals surface area contributed by atoms with Gasteiger partial charge < -0.3 is 10.2 Å². The molecule has 40 heavy (non-hydrogen) atoms. The summed E-state index contributed by atoms with van der Waals surface area (Å²) in [6.07, 6.45) is -9.98. The van der Waals surface area contributed by atoms with Crippen LogP contribution in [0.4, 0.5) is 70.2 Å². The molecule has 0 saturated carbocycles. The zero-order chi connectivity index (χ0) is 31.4. The maximum atomic E-state index is 13.9. The van der Waals surface area contributed by atoms with Crippen LogP contribution < -0.4 is 0 Å². The second-order valence-electron chi connectivity index (χ2n) is 7.37. The highest BCUT2D eigenvalue weighted by molar-refractivity contribution is 5.61. The molecule has 2 aromatic carbocycles. The Balaban J connectivity index is 0.000000552. The Bertz CT molecular complexity index is 1250. The van der Waals surface area contributed by atoms with E-state index in [2.05, 4.69) is 0 Å². The zero-order valence-electron chi connectivity index (χ0n) is 18.8. The smallest absolute Gasteiger partial charge is 0.381 e. The van der Waals surface area contributed by atoms with Crippen molar-refractivity contribution < 1.29 is 80.5 Å². The highest BCUT2D eigenvalue weighted by Crippen LogP contribution is 2.56. The summed E-state index contributed by atoms with van der Waals surface area (Å²) in [7, 11) is 0. The predicted molar refractivity (Wildman–Crippen MR) is 105 cm³/mol. The molecule has 0 spiro atoms. The van der Waals surface area contributed by atoms with E-state index in [1.807, 2.05) is 0 Å². The lowest BCUT2D eigenvalue weighted by Gasteiger charge is -2.38. The summed E-state index contributed by atoms with van der Waals surface area (Å²) in [5.74, 6) is -34.5. The number of halogens is 16. The molecule has 0 amide bonds. The Morgan fingerprint density at radius 1 is 0.650 bits per heavy atom. The van der Waals surface area contributed by atoms with E-state index in [1.54, 1.807) is 0 Å². The lowest BCUT2D eigenvalue weighted by atomic mass is 9.91. The van der Waals surface area contributed by atoms with E-state index < -0.39 is 88.5 Å². The first-order valence-corrected chi connectivity index (χ1v) is 9.85. The van der Waals surface area contributed by atoms with Gasteiger partial charge in [0.2, 0.25) is 0 Å². The Morgan fingerprint density at radius 2 is 1.10 bits per heavy atom. The van der Waals surface area contributed by atoms with E-state index in [0.29, 0.717) is 6.07 Å². The largest absolute Gasteiger partial charge is 0.390 e. The van der Waals surface area contributed by atoms with Crippen LogP contribution >= 0.6 is 0 Å². The summed E-state index contributed by atoms with van der Waals surface area (Å²) >= 11 is 0. The van der Waals surface area contributed by atoms with Crippen LogP contribution in [0.25, 0.3) is 11.7 Å². The number of hydrogen-bond donors (Lipinski definition) is 2. The van der Waals surface area contributed by atoms with Gasteiger partial charge in [0, 0.05) is 5.56 Å². The number of alkyl halides is 8. The van der Waals surface area contributed by atoms with Crippen molar-refractivity contribution in [3.63, 3.8) is 0 Å². The van der Waals surface area contributed by atoms with Crippen LogP contribution in [0, 0.1) is 11.6 Å². The molecular weight excluding hydrogens is 600 g/mol. The van der Waals surface area contributed by atoms with E-state index in [4.69, 9.17) is 5.11 Å². The summed E-state index contributed by atoms with van der Waals surface area (Å²) in [6.45, 7) is -2.99. The van der Waals surface area contributed by atoms with Gasteiger partial charge in [-0.05, 0) is 18.2 Å². The lowest BCUT2D eigenvalue weighted by Crippen LogP contribution is -2.64. The average molecular weight is 612 g/mol. The zero-order valence-corrected chi connectivity index (χ0v) is 18.8. The Hall–Kier alpha value is -3.28. The quantitative estimate of drug-likeness (QED) is 0.295. The molecule has 2 nitrogen and oxygen atoms in total. The minimum Gasteiger partial charge on any atom is -0.390 e. The molecule has 0 saturated heterocycles.